The van der Waals surface area contributed by atoms with Crippen molar-refractivity contribution in [2.45, 2.75) is 6.92 Å². The highest BCUT2D eigenvalue weighted by molar-refractivity contribution is 6.28. The van der Waals surface area contributed by atoms with Gasteiger partial charge in [0.1, 0.15) is 12.7 Å². The fraction of sp³-hybridized carbons (Fsp3) is 0.222. The summed E-state index contributed by atoms with van der Waals surface area (Å²) in [4.78, 5) is 15.8. The van der Waals surface area contributed by atoms with Crippen LogP contribution >= 0.6 is 11.6 Å². The summed E-state index contributed by atoms with van der Waals surface area (Å²) in [7, 11) is 0. The normalized spacial score (nSPS) is 10.2. The van der Waals surface area contributed by atoms with E-state index in [-0.39, 0.29) is 5.28 Å². The molecule has 7 nitrogen and oxygen atoms in total. The van der Waals surface area contributed by atoms with E-state index in [1.54, 1.807) is 0 Å². The van der Waals surface area contributed by atoms with Gasteiger partial charge in [0.2, 0.25) is 11.2 Å². The van der Waals surface area contributed by atoms with Crippen molar-refractivity contribution in [1.82, 2.24) is 29.7 Å². The van der Waals surface area contributed by atoms with Gasteiger partial charge in [-0.3, -0.25) is 0 Å². The quantitative estimate of drug-likeness (QED) is 0.820. The third kappa shape index (κ3) is 2.97. The van der Waals surface area contributed by atoms with Gasteiger partial charge in [-0.1, -0.05) is 12.2 Å². The van der Waals surface area contributed by atoms with Crippen molar-refractivity contribution in [3.63, 3.8) is 0 Å². The second-order valence-electron chi connectivity index (χ2n) is 3.38. The number of nitrogens with zero attached hydrogens (tertiary/aromatic N) is 6. The van der Waals surface area contributed by atoms with Gasteiger partial charge >= 0.3 is 0 Å². The van der Waals surface area contributed by atoms with E-state index in [1.165, 1.54) is 17.3 Å². The number of anilines is 1. The monoisotopic (exact) mass is 251 g/mol. The van der Waals surface area contributed by atoms with Crippen molar-refractivity contribution in [2.24, 2.45) is 0 Å². The van der Waals surface area contributed by atoms with Crippen LogP contribution in [0.5, 0.6) is 0 Å². The van der Waals surface area contributed by atoms with Crippen molar-refractivity contribution in [1.29, 1.82) is 0 Å². The van der Waals surface area contributed by atoms with Crippen molar-refractivity contribution in [3.8, 4) is 5.95 Å². The molecule has 8 heteroatoms. The van der Waals surface area contributed by atoms with Gasteiger partial charge in [-0.25, -0.2) is 4.98 Å². The molecular formula is C9H10ClN7. The van der Waals surface area contributed by atoms with Gasteiger partial charge in [0.05, 0.1) is 0 Å². The minimum atomic E-state index is 0.0923. The van der Waals surface area contributed by atoms with E-state index < -0.39 is 0 Å². The van der Waals surface area contributed by atoms with E-state index in [0.717, 1.165) is 5.57 Å². The first-order valence-corrected chi connectivity index (χ1v) is 5.18. The molecule has 0 fully saturated rings. The zero-order valence-corrected chi connectivity index (χ0v) is 9.89. The number of rotatable bonds is 4. The molecule has 0 aromatic carbocycles. The Morgan fingerprint density at radius 1 is 1.47 bits per heavy atom. The lowest BCUT2D eigenvalue weighted by molar-refractivity contribution is 0.794. The highest BCUT2D eigenvalue weighted by Gasteiger charge is 2.06. The van der Waals surface area contributed by atoms with Gasteiger partial charge in [0.15, 0.2) is 0 Å². The average molecular weight is 252 g/mol. The molecule has 0 aliphatic carbocycles. The van der Waals surface area contributed by atoms with Crippen LogP contribution in [0.15, 0.2) is 24.8 Å². The molecule has 1 N–H and O–H groups in total. The lowest BCUT2D eigenvalue weighted by Crippen LogP contribution is -2.10. The fourth-order valence-electron chi connectivity index (χ4n) is 1.06. The molecule has 2 rings (SSSR count). The molecule has 17 heavy (non-hydrogen) atoms. The van der Waals surface area contributed by atoms with Gasteiger partial charge in [0, 0.05) is 6.54 Å². The molecule has 0 unspecified atom stereocenters. The molecule has 0 radical (unpaired) electrons. The van der Waals surface area contributed by atoms with Crippen LogP contribution in [0.3, 0.4) is 0 Å². The van der Waals surface area contributed by atoms with Crippen LogP contribution in [0.2, 0.25) is 5.28 Å². The highest BCUT2D eigenvalue weighted by atomic mass is 35.5. The Hall–Kier alpha value is -2.02. The Balaban J connectivity index is 2.26. The van der Waals surface area contributed by atoms with Crippen molar-refractivity contribution in [2.75, 3.05) is 11.9 Å². The molecular weight excluding hydrogens is 242 g/mol. The van der Waals surface area contributed by atoms with E-state index in [9.17, 15) is 0 Å². The molecule has 2 aromatic rings. The Labute approximate surface area is 103 Å². The second kappa shape index (κ2) is 4.88. The van der Waals surface area contributed by atoms with Gasteiger partial charge in [-0.15, -0.1) is 0 Å². The lowest BCUT2D eigenvalue weighted by atomic mass is 10.3. The van der Waals surface area contributed by atoms with Crippen LogP contribution in [0.1, 0.15) is 6.92 Å². The third-order valence-corrected chi connectivity index (χ3v) is 1.94. The van der Waals surface area contributed by atoms with Gasteiger partial charge in [-0.05, 0) is 18.5 Å². The third-order valence-electron chi connectivity index (χ3n) is 1.77. The van der Waals surface area contributed by atoms with Gasteiger partial charge in [0.25, 0.3) is 5.95 Å². The zero-order chi connectivity index (χ0) is 12.3. The van der Waals surface area contributed by atoms with Gasteiger partial charge < -0.3 is 5.32 Å². The summed E-state index contributed by atoms with van der Waals surface area (Å²) in [6.45, 7) is 6.23. The number of hydrogen-bond donors (Lipinski definition) is 1. The summed E-state index contributed by atoms with van der Waals surface area (Å²) < 4.78 is 1.40. The van der Waals surface area contributed by atoms with Crippen LogP contribution in [0.4, 0.5) is 5.95 Å². The summed E-state index contributed by atoms with van der Waals surface area (Å²) in [5.74, 6) is 0.685. The average Bonchev–Trinajstić information content (AvgIpc) is 2.79. The largest absolute Gasteiger partial charge is 0.350 e. The first-order chi connectivity index (χ1) is 8.15. The lowest BCUT2D eigenvalue weighted by Gasteiger charge is -2.05. The molecule has 0 bridgehead atoms. The Bertz CT molecular complexity index is 522. The van der Waals surface area contributed by atoms with Crippen LogP contribution in [0.25, 0.3) is 5.95 Å². The maximum absolute atomic E-state index is 5.80. The maximum Gasteiger partial charge on any atom is 0.258 e. The summed E-state index contributed by atoms with van der Waals surface area (Å²) in [6.07, 6.45) is 2.87. The van der Waals surface area contributed by atoms with E-state index in [4.69, 9.17) is 11.6 Å². The van der Waals surface area contributed by atoms with Crippen LogP contribution in [0, 0.1) is 0 Å². The molecule has 88 valence electrons. The summed E-state index contributed by atoms with van der Waals surface area (Å²) in [5.41, 5.74) is 0.962. The first-order valence-electron chi connectivity index (χ1n) is 4.80. The summed E-state index contributed by atoms with van der Waals surface area (Å²) in [5, 5.41) is 6.98. The Morgan fingerprint density at radius 2 is 2.29 bits per heavy atom. The number of hydrogen-bond acceptors (Lipinski definition) is 6. The molecule has 0 saturated heterocycles. The van der Waals surface area contributed by atoms with E-state index >= 15 is 0 Å². The zero-order valence-electron chi connectivity index (χ0n) is 9.13. The van der Waals surface area contributed by atoms with Crippen LogP contribution in [-0.2, 0) is 0 Å². The van der Waals surface area contributed by atoms with E-state index in [0.29, 0.717) is 18.4 Å². The topological polar surface area (TPSA) is 81.4 Å². The standard InChI is InChI=1S/C9H10ClN7/c1-6(2)3-12-8-14-7(10)15-9(16-8)17-5-11-4-13-17/h4-5H,1,3H2,2H3,(H,12,14,15,16). The first kappa shape index (κ1) is 11.5. The van der Waals surface area contributed by atoms with Crippen LogP contribution < -0.4 is 5.32 Å². The summed E-state index contributed by atoms with van der Waals surface area (Å²) >= 11 is 5.80. The predicted molar refractivity (Wildman–Crippen MR) is 63.1 cm³/mol. The highest BCUT2D eigenvalue weighted by Crippen LogP contribution is 2.08. The SMILES string of the molecule is C=C(C)CNc1nc(Cl)nc(-n2cncn2)n1. The molecule has 0 spiro atoms. The van der Waals surface area contributed by atoms with Gasteiger partial charge in [-0.2, -0.15) is 24.7 Å². The molecule has 0 aliphatic heterocycles. The van der Waals surface area contributed by atoms with Crippen molar-refractivity contribution in [3.05, 3.63) is 30.1 Å². The smallest absolute Gasteiger partial charge is 0.258 e. The number of aromatic nitrogens is 6. The Kier molecular flexibility index (Phi) is 3.29. The van der Waals surface area contributed by atoms with Crippen molar-refractivity contribution < 1.29 is 0 Å². The predicted octanol–water partition coefficient (Wildman–Crippen LogP) is 1.09. The minimum absolute atomic E-state index is 0.0923. The molecule has 0 saturated carbocycles. The fourth-order valence-corrected chi connectivity index (χ4v) is 1.22. The molecule has 2 heterocycles. The Morgan fingerprint density at radius 3 is 2.94 bits per heavy atom. The summed E-state index contributed by atoms with van der Waals surface area (Å²) in [6, 6.07) is 0. The second-order valence-corrected chi connectivity index (χ2v) is 3.72. The van der Waals surface area contributed by atoms with Crippen LogP contribution in [-0.4, -0.2) is 36.3 Å². The van der Waals surface area contributed by atoms with E-state index in [2.05, 4.69) is 36.9 Å². The molecule has 0 atom stereocenters. The number of nitrogens with one attached hydrogen (secondary N) is 1. The maximum atomic E-state index is 5.80. The molecule has 2 aromatic heterocycles. The van der Waals surface area contributed by atoms with E-state index in [1.807, 2.05) is 6.92 Å². The molecule has 0 amide bonds. The molecule has 0 aliphatic rings. The minimum Gasteiger partial charge on any atom is -0.350 e. The van der Waals surface area contributed by atoms with Crippen molar-refractivity contribution >= 4 is 17.5 Å². The number of halogens is 1.